The number of aromatic nitrogens is 1. The van der Waals surface area contributed by atoms with Gasteiger partial charge in [0, 0.05) is 37.8 Å². The van der Waals surface area contributed by atoms with Crippen LogP contribution in [0.2, 0.25) is 0 Å². The second kappa shape index (κ2) is 5.78. The van der Waals surface area contributed by atoms with Gasteiger partial charge in [0.25, 0.3) is 5.91 Å². The van der Waals surface area contributed by atoms with Crippen molar-refractivity contribution < 1.29 is 14.0 Å². The third-order valence-electron chi connectivity index (χ3n) is 5.23. The van der Waals surface area contributed by atoms with E-state index in [1.807, 2.05) is 12.1 Å². The Morgan fingerprint density at radius 2 is 2.00 bits per heavy atom. The molecule has 0 radical (unpaired) electrons. The van der Waals surface area contributed by atoms with Gasteiger partial charge in [0.2, 0.25) is 5.91 Å². The molecule has 4 heterocycles. The fraction of sp³-hybridized carbons (Fsp3) is 0.389. The number of pyridine rings is 1. The van der Waals surface area contributed by atoms with Crippen molar-refractivity contribution in [1.29, 1.82) is 0 Å². The summed E-state index contributed by atoms with van der Waals surface area (Å²) in [4.78, 5) is 30.4. The summed E-state index contributed by atoms with van der Waals surface area (Å²) in [7, 11) is 0. The standard InChI is InChI=1S/C18H19N3O3/c22-16-12-14(13-3-7-19-8-4-13)18(20-16)5-9-21(10-6-18)17(23)15-2-1-11-24-15/h1-4,7-8,11,14H,5-6,9-10,12H2,(H,20,22)/t14-/m0/s1. The molecule has 0 saturated carbocycles. The number of carbonyl (C=O) groups excluding carboxylic acids is 2. The van der Waals surface area contributed by atoms with Crippen molar-refractivity contribution in [2.24, 2.45) is 0 Å². The summed E-state index contributed by atoms with van der Waals surface area (Å²) >= 11 is 0. The highest BCUT2D eigenvalue weighted by Crippen LogP contribution is 2.43. The fourth-order valence-electron chi connectivity index (χ4n) is 3.97. The molecule has 0 aromatic carbocycles. The van der Waals surface area contributed by atoms with Gasteiger partial charge in [-0.3, -0.25) is 14.6 Å². The SMILES string of the molecule is O=C1C[C@@H](c2ccncc2)C2(CCN(C(=O)c3ccco3)CC2)N1. The summed E-state index contributed by atoms with van der Waals surface area (Å²) in [5.41, 5.74) is 0.868. The molecule has 0 unspecified atom stereocenters. The van der Waals surface area contributed by atoms with E-state index in [0.717, 1.165) is 18.4 Å². The summed E-state index contributed by atoms with van der Waals surface area (Å²) in [6, 6.07) is 7.36. The van der Waals surface area contributed by atoms with Crippen LogP contribution in [0.1, 0.15) is 41.3 Å². The summed E-state index contributed by atoms with van der Waals surface area (Å²) in [6.07, 6.45) is 7.03. The van der Waals surface area contributed by atoms with Crippen molar-refractivity contribution in [3.05, 3.63) is 54.2 Å². The molecule has 2 aliphatic rings. The number of rotatable bonds is 2. The normalized spacial score (nSPS) is 22.6. The Morgan fingerprint density at radius 3 is 2.67 bits per heavy atom. The van der Waals surface area contributed by atoms with Crippen LogP contribution in [-0.2, 0) is 4.79 Å². The molecule has 0 aliphatic carbocycles. The van der Waals surface area contributed by atoms with Crippen molar-refractivity contribution in [2.75, 3.05) is 13.1 Å². The smallest absolute Gasteiger partial charge is 0.289 e. The maximum Gasteiger partial charge on any atom is 0.289 e. The van der Waals surface area contributed by atoms with Gasteiger partial charge in [-0.05, 0) is 42.7 Å². The van der Waals surface area contributed by atoms with E-state index in [-0.39, 0.29) is 23.3 Å². The highest BCUT2D eigenvalue weighted by molar-refractivity contribution is 5.91. The van der Waals surface area contributed by atoms with Crippen LogP contribution in [0, 0.1) is 0 Å². The Balaban J connectivity index is 1.52. The van der Waals surface area contributed by atoms with E-state index in [4.69, 9.17) is 4.42 Å². The predicted octanol–water partition coefficient (Wildman–Crippen LogP) is 1.95. The first-order chi connectivity index (χ1) is 11.7. The zero-order valence-electron chi connectivity index (χ0n) is 13.3. The van der Waals surface area contributed by atoms with Gasteiger partial charge in [0.1, 0.15) is 0 Å². The van der Waals surface area contributed by atoms with Crippen LogP contribution >= 0.6 is 0 Å². The summed E-state index contributed by atoms with van der Waals surface area (Å²) in [6.45, 7) is 1.22. The van der Waals surface area contributed by atoms with Crippen LogP contribution in [0.5, 0.6) is 0 Å². The molecule has 124 valence electrons. The monoisotopic (exact) mass is 325 g/mol. The maximum atomic E-state index is 12.4. The van der Waals surface area contributed by atoms with Gasteiger partial charge in [0.15, 0.2) is 5.76 Å². The van der Waals surface area contributed by atoms with E-state index in [2.05, 4.69) is 10.3 Å². The van der Waals surface area contributed by atoms with Crippen molar-refractivity contribution >= 4 is 11.8 Å². The molecule has 6 heteroatoms. The first kappa shape index (κ1) is 14.9. The quantitative estimate of drug-likeness (QED) is 0.916. The van der Waals surface area contributed by atoms with Gasteiger partial charge in [0.05, 0.1) is 11.8 Å². The first-order valence-corrected chi connectivity index (χ1v) is 8.22. The number of nitrogens with zero attached hydrogens (tertiary/aromatic N) is 2. The van der Waals surface area contributed by atoms with Crippen molar-refractivity contribution in [3.63, 3.8) is 0 Å². The average molecular weight is 325 g/mol. The molecule has 2 aromatic heterocycles. The van der Waals surface area contributed by atoms with Crippen LogP contribution < -0.4 is 5.32 Å². The Hall–Kier alpha value is -2.63. The lowest BCUT2D eigenvalue weighted by Gasteiger charge is -2.42. The predicted molar refractivity (Wildman–Crippen MR) is 86.3 cm³/mol. The van der Waals surface area contributed by atoms with Crippen LogP contribution in [0.4, 0.5) is 0 Å². The second-order valence-electron chi connectivity index (χ2n) is 6.51. The van der Waals surface area contributed by atoms with E-state index in [1.54, 1.807) is 29.4 Å². The number of amides is 2. The van der Waals surface area contributed by atoms with E-state index >= 15 is 0 Å². The molecule has 1 spiro atoms. The van der Waals surface area contributed by atoms with Gasteiger partial charge in [-0.25, -0.2) is 0 Å². The highest BCUT2D eigenvalue weighted by atomic mass is 16.3. The fourth-order valence-corrected chi connectivity index (χ4v) is 3.97. The molecule has 6 nitrogen and oxygen atoms in total. The number of likely N-dealkylation sites (tertiary alicyclic amines) is 1. The Kier molecular flexibility index (Phi) is 3.59. The highest BCUT2D eigenvalue weighted by Gasteiger charge is 2.49. The lowest BCUT2D eigenvalue weighted by molar-refractivity contribution is -0.120. The Bertz CT molecular complexity index is 734. The third-order valence-corrected chi connectivity index (χ3v) is 5.23. The number of furan rings is 1. The van der Waals surface area contributed by atoms with E-state index < -0.39 is 0 Å². The van der Waals surface area contributed by atoms with Crippen LogP contribution in [0.25, 0.3) is 0 Å². The van der Waals surface area contributed by atoms with Gasteiger partial charge in [-0.1, -0.05) is 0 Å². The molecule has 24 heavy (non-hydrogen) atoms. The molecule has 2 saturated heterocycles. The van der Waals surface area contributed by atoms with Gasteiger partial charge >= 0.3 is 0 Å². The Morgan fingerprint density at radius 1 is 1.25 bits per heavy atom. The van der Waals surface area contributed by atoms with Crippen molar-refractivity contribution in [1.82, 2.24) is 15.2 Å². The lowest BCUT2D eigenvalue weighted by atomic mass is 9.74. The van der Waals surface area contributed by atoms with Gasteiger partial charge in [-0.15, -0.1) is 0 Å². The number of hydrogen-bond donors (Lipinski definition) is 1. The average Bonchev–Trinajstić information content (AvgIpc) is 3.24. The maximum absolute atomic E-state index is 12.4. The molecular formula is C18H19N3O3. The van der Waals surface area contributed by atoms with Crippen molar-refractivity contribution in [2.45, 2.75) is 30.7 Å². The largest absolute Gasteiger partial charge is 0.459 e. The molecule has 2 amide bonds. The minimum atomic E-state index is -0.265. The van der Waals surface area contributed by atoms with Crippen LogP contribution in [0.15, 0.2) is 47.3 Å². The summed E-state index contributed by atoms with van der Waals surface area (Å²) in [5.74, 6) is 0.503. The van der Waals surface area contributed by atoms with Crippen molar-refractivity contribution in [3.8, 4) is 0 Å². The van der Waals surface area contributed by atoms with E-state index in [0.29, 0.717) is 25.3 Å². The second-order valence-corrected chi connectivity index (χ2v) is 6.51. The van der Waals surface area contributed by atoms with E-state index in [9.17, 15) is 9.59 Å². The topological polar surface area (TPSA) is 75.4 Å². The molecule has 0 bridgehead atoms. The Labute approximate surface area is 139 Å². The number of carbonyl (C=O) groups is 2. The number of piperidine rings is 1. The first-order valence-electron chi connectivity index (χ1n) is 8.22. The molecule has 2 fully saturated rings. The van der Waals surface area contributed by atoms with Crippen LogP contribution in [0.3, 0.4) is 0 Å². The number of nitrogens with one attached hydrogen (secondary N) is 1. The number of hydrogen-bond acceptors (Lipinski definition) is 4. The van der Waals surface area contributed by atoms with Crippen LogP contribution in [-0.4, -0.2) is 40.3 Å². The van der Waals surface area contributed by atoms with Gasteiger partial charge in [-0.2, -0.15) is 0 Å². The molecule has 1 atom stereocenters. The van der Waals surface area contributed by atoms with E-state index in [1.165, 1.54) is 6.26 Å². The van der Waals surface area contributed by atoms with Gasteiger partial charge < -0.3 is 14.6 Å². The molecule has 4 rings (SSSR count). The zero-order valence-corrected chi connectivity index (χ0v) is 13.3. The molecule has 2 aromatic rings. The minimum absolute atomic E-state index is 0.0837. The molecular weight excluding hydrogens is 306 g/mol. The lowest BCUT2D eigenvalue weighted by Crippen LogP contribution is -2.54. The third kappa shape index (κ3) is 2.48. The molecule has 2 aliphatic heterocycles. The zero-order chi connectivity index (χ0) is 16.6. The minimum Gasteiger partial charge on any atom is -0.459 e. The molecule has 1 N–H and O–H groups in total. The summed E-state index contributed by atoms with van der Waals surface area (Å²) in [5, 5.41) is 3.19. The summed E-state index contributed by atoms with van der Waals surface area (Å²) < 4.78 is 5.21.